The van der Waals surface area contributed by atoms with Crippen LogP contribution in [0, 0.1) is 10.8 Å². The second-order valence-electron chi connectivity index (χ2n) is 7.20. The molecule has 2 rings (SSSR count). The van der Waals surface area contributed by atoms with E-state index in [1.807, 2.05) is 0 Å². The molecule has 18 heavy (non-hydrogen) atoms. The number of hydrogen-bond acceptors (Lipinski definition) is 2. The highest BCUT2D eigenvalue weighted by Gasteiger charge is 2.29. The topological polar surface area (TPSA) is 52.0 Å². The largest absolute Gasteiger partial charge is 0.278 e. The third-order valence-corrected chi connectivity index (χ3v) is 3.75. The molecule has 2 aliphatic heterocycles. The van der Waals surface area contributed by atoms with Gasteiger partial charge in [0.1, 0.15) is 0 Å². The molecule has 0 saturated carbocycles. The number of nitrogens with one attached hydrogen (secondary N) is 4. The predicted molar refractivity (Wildman–Crippen MR) is 74.5 cm³/mol. The Bertz CT molecular complexity index is 330. The molecule has 0 aromatic rings. The van der Waals surface area contributed by atoms with E-state index in [9.17, 15) is 0 Å². The molecule has 0 aliphatic carbocycles. The molecule has 0 aromatic carbocycles. The van der Waals surface area contributed by atoms with Crippen LogP contribution in [0.4, 0.5) is 0 Å². The van der Waals surface area contributed by atoms with Crippen molar-refractivity contribution in [2.45, 2.75) is 40.5 Å². The zero-order valence-electron chi connectivity index (χ0n) is 12.2. The van der Waals surface area contributed by atoms with Crippen LogP contribution in [0.2, 0.25) is 0 Å². The van der Waals surface area contributed by atoms with E-state index in [1.54, 1.807) is 0 Å². The van der Waals surface area contributed by atoms with E-state index >= 15 is 0 Å². The van der Waals surface area contributed by atoms with Crippen LogP contribution in [0.15, 0.2) is 0 Å². The van der Waals surface area contributed by atoms with Crippen molar-refractivity contribution in [3.05, 3.63) is 0 Å². The number of rotatable bonds is 3. The molecule has 0 unspecified atom stereocenters. The zero-order chi connectivity index (χ0) is 13.2. The van der Waals surface area contributed by atoms with Gasteiger partial charge in [-0.2, -0.15) is 0 Å². The summed E-state index contributed by atoms with van der Waals surface area (Å²) in [7, 11) is 0. The van der Waals surface area contributed by atoms with Gasteiger partial charge in [-0.25, -0.2) is 0 Å². The maximum absolute atomic E-state index is 3.50. The minimum atomic E-state index is 0.363. The van der Waals surface area contributed by atoms with E-state index < -0.39 is 0 Å². The van der Waals surface area contributed by atoms with Crippen LogP contribution in [0.25, 0.3) is 0 Å². The molecule has 0 bridgehead atoms. The van der Waals surface area contributed by atoms with E-state index in [2.05, 4.69) is 48.3 Å². The summed E-state index contributed by atoms with van der Waals surface area (Å²) in [4.78, 5) is 7.00. The van der Waals surface area contributed by atoms with Crippen LogP contribution in [-0.2, 0) is 0 Å². The van der Waals surface area contributed by atoms with Crippen LogP contribution >= 0.6 is 0 Å². The van der Waals surface area contributed by atoms with Gasteiger partial charge >= 0.3 is 0 Å². The van der Waals surface area contributed by atoms with Crippen LogP contribution in [0.3, 0.4) is 0 Å². The molecule has 0 fully saturated rings. The predicted octanol–water partition coefficient (Wildman–Crippen LogP) is -2.02. The summed E-state index contributed by atoms with van der Waals surface area (Å²) in [5.41, 5.74) is 0.726. The lowest BCUT2D eigenvalue weighted by Gasteiger charge is -2.25. The molecule has 2 heterocycles. The van der Waals surface area contributed by atoms with Gasteiger partial charge in [-0.3, -0.25) is 20.6 Å². The summed E-state index contributed by atoms with van der Waals surface area (Å²) >= 11 is 0. The number of amidine groups is 2. The normalized spacial score (nSPS) is 25.6. The van der Waals surface area contributed by atoms with E-state index in [0.29, 0.717) is 10.8 Å². The molecular weight excluding hydrogens is 224 g/mol. The van der Waals surface area contributed by atoms with Gasteiger partial charge < -0.3 is 0 Å². The minimum Gasteiger partial charge on any atom is -0.278 e. The van der Waals surface area contributed by atoms with Crippen molar-refractivity contribution in [1.29, 1.82) is 0 Å². The van der Waals surface area contributed by atoms with Gasteiger partial charge in [0.2, 0.25) is 11.7 Å². The van der Waals surface area contributed by atoms with Crippen molar-refractivity contribution < 1.29 is 9.98 Å². The van der Waals surface area contributed by atoms with Gasteiger partial charge in [0.25, 0.3) is 0 Å². The van der Waals surface area contributed by atoms with E-state index in [0.717, 1.165) is 39.0 Å². The molecular formula is C14H28N4+2. The first-order chi connectivity index (χ1) is 8.36. The van der Waals surface area contributed by atoms with E-state index in [-0.39, 0.29) is 0 Å². The summed E-state index contributed by atoms with van der Waals surface area (Å²) in [6.45, 7) is 13.4. The van der Waals surface area contributed by atoms with E-state index in [4.69, 9.17) is 0 Å². The van der Waals surface area contributed by atoms with Crippen LogP contribution in [0.5, 0.6) is 0 Å². The average Bonchev–Trinajstić information content (AvgIpc) is 2.29. The number of hydrogen-bond donors (Lipinski definition) is 4. The Morgan fingerprint density at radius 3 is 1.50 bits per heavy atom. The second-order valence-corrected chi connectivity index (χ2v) is 7.20. The lowest BCUT2D eigenvalue weighted by molar-refractivity contribution is -0.486. The van der Waals surface area contributed by atoms with Crippen molar-refractivity contribution in [2.24, 2.45) is 10.8 Å². The molecule has 0 spiro atoms. The lowest BCUT2D eigenvalue weighted by atomic mass is 9.91. The third kappa shape index (κ3) is 3.72. The fourth-order valence-corrected chi connectivity index (χ4v) is 2.24. The highest BCUT2D eigenvalue weighted by Crippen LogP contribution is 2.12. The van der Waals surface area contributed by atoms with Crippen molar-refractivity contribution in [3.63, 3.8) is 0 Å². The molecule has 0 radical (unpaired) electrons. The van der Waals surface area contributed by atoms with Gasteiger partial charge in [0.05, 0.1) is 39.0 Å². The van der Waals surface area contributed by atoms with Gasteiger partial charge in [-0.15, -0.1) is 0 Å². The summed E-state index contributed by atoms with van der Waals surface area (Å²) < 4.78 is 0. The monoisotopic (exact) mass is 252 g/mol. The van der Waals surface area contributed by atoms with Gasteiger partial charge in [-0.05, 0) is 0 Å². The maximum Gasteiger partial charge on any atom is 0.243 e. The summed E-state index contributed by atoms with van der Waals surface area (Å²) in [6, 6.07) is 0. The summed E-state index contributed by atoms with van der Waals surface area (Å²) in [6.07, 6.45) is 2.12. The third-order valence-electron chi connectivity index (χ3n) is 3.75. The molecule has 4 nitrogen and oxygen atoms in total. The van der Waals surface area contributed by atoms with Crippen molar-refractivity contribution in [2.75, 3.05) is 26.2 Å². The Kier molecular flexibility index (Phi) is 3.64. The van der Waals surface area contributed by atoms with Crippen LogP contribution in [-0.4, -0.2) is 37.9 Å². The maximum atomic E-state index is 3.50. The Labute approximate surface area is 110 Å². The van der Waals surface area contributed by atoms with Crippen molar-refractivity contribution in [3.8, 4) is 0 Å². The Hall–Kier alpha value is -1.06. The van der Waals surface area contributed by atoms with Gasteiger partial charge in [0.15, 0.2) is 0 Å². The van der Waals surface area contributed by atoms with Crippen molar-refractivity contribution in [1.82, 2.24) is 10.6 Å². The molecule has 102 valence electrons. The molecule has 4 N–H and O–H groups in total. The molecule has 0 amide bonds. The Morgan fingerprint density at radius 1 is 0.833 bits per heavy atom. The zero-order valence-corrected chi connectivity index (χ0v) is 12.2. The molecule has 4 heteroatoms. The molecule has 0 atom stereocenters. The first kappa shape index (κ1) is 13.4. The second kappa shape index (κ2) is 4.90. The quantitative estimate of drug-likeness (QED) is 0.469. The highest BCUT2D eigenvalue weighted by molar-refractivity contribution is 5.84. The van der Waals surface area contributed by atoms with E-state index in [1.165, 1.54) is 11.7 Å². The Morgan fingerprint density at radius 2 is 1.22 bits per heavy atom. The molecule has 0 aromatic heterocycles. The van der Waals surface area contributed by atoms with Gasteiger partial charge in [-0.1, -0.05) is 27.7 Å². The smallest absolute Gasteiger partial charge is 0.243 e. The van der Waals surface area contributed by atoms with Crippen LogP contribution in [0.1, 0.15) is 40.5 Å². The van der Waals surface area contributed by atoms with Crippen LogP contribution < -0.4 is 20.6 Å². The fourth-order valence-electron chi connectivity index (χ4n) is 2.24. The molecule has 0 saturated heterocycles. The van der Waals surface area contributed by atoms with Crippen molar-refractivity contribution >= 4 is 11.7 Å². The fraction of sp³-hybridized carbons (Fsp3) is 0.857. The first-order valence-corrected chi connectivity index (χ1v) is 7.04. The molecule has 2 aliphatic rings. The first-order valence-electron chi connectivity index (χ1n) is 7.04. The van der Waals surface area contributed by atoms with Gasteiger partial charge in [0, 0.05) is 10.8 Å². The Balaban J connectivity index is 1.80. The SMILES string of the molecule is CC1(C)CNC(CCC2=[NH+]CC(C)(C)CN2)=[NH+]C1. The minimum absolute atomic E-state index is 0.363. The summed E-state index contributed by atoms with van der Waals surface area (Å²) in [5.74, 6) is 2.57. The summed E-state index contributed by atoms with van der Waals surface area (Å²) in [5, 5.41) is 7.00. The average molecular weight is 252 g/mol. The lowest BCUT2D eigenvalue weighted by Crippen LogP contribution is -2.84. The highest BCUT2D eigenvalue weighted by atomic mass is 15.1. The standard InChI is InChI=1S/C14H26N4/c1-13(2)7-15-11(16-8-13)5-6-12-17-9-14(3,4)10-18-12/h5-10H2,1-4H3,(H,15,16)(H,17,18)/p+2.